The summed E-state index contributed by atoms with van der Waals surface area (Å²) >= 11 is 0. The van der Waals surface area contributed by atoms with E-state index >= 15 is 0 Å². The summed E-state index contributed by atoms with van der Waals surface area (Å²) in [5.74, 6) is 0.725. The lowest BCUT2D eigenvalue weighted by Crippen LogP contribution is -2.45. The van der Waals surface area contributed by atoms with Gasteiger partial charge in [0.1, 0.15) is 0 Å². The molecule has 2 unspecified atom stereocenters. The lowest BCUT2D eigenvalue weighted by atomic mass is 9.92. The lowest BCUT2D eigenvalue weighted by Gasteiger charge is -2.34. The van der Waals surface area contributed by atoms with E-state index in [4.69, 9.17) is 10.5 Å². The van der Waals surface area contributed by atoms with Gasteiger partial charge in [0.05, 0.1) is 0 Å². The molecular weight excluding hydrogens is 204 g/mol. The summed E-state index contributed by atoms with van der Waals surface area (Å²) in [4.78, 5) is 13.8. The van der Waals surface area contributed by atoms with Gasteiger partial charge in [-0.05, 0) is 32.1 Å². The standard InChI is InChI=1S/C12H24N2O2/c1-10(13)11-5-3-7-14(9-11)12(15)6-4-8-16-2/h10-11H,3-9,13H2,1-2H3. The molecule has 0 spiro atoms. The first kappa shape index (κ1) is 13.5. The molecule has 0 bridgehead atoms. The number of rotatable bonds is 5. The van der Waals surface area contributed by atoms with E-state index in [1.165, 1.54) is 0 Å². The number of carbonyl (C=O) groups excluding carboxylic acids is 1. The highest BCUT2D eigenvalue weighted by molar-refractivity contribution is 5.76. The van der Waals surface area contributed by atoms with Gasteiger partial charge in [0.15, 0.2) is 0 Å². The maximum atomic E-state index is 11.9. The van der Waals surface area contributed by atoms with Crippen LogP contribution >= 0.6 is 0 Å². The normalized spacial score (nSPS) is 23.2. The molecule has 94 valence electrons. The number of amides is 1. The van der Waals surface area contributed by atoms with Crippen LogP contribution in [-0.2, 0) is 9.53 Å². The Morgan fingerprint density at radius 2 is 2.38 bits per heavy atom. The molecule has 4 nitrogen and oxygen atoms in total. The fourth-order valence-corrected chi connectivity index (χ4v) is 2.19. The number of methoxy groups -OCH3 is 1. The Labute approximate surface area is 98.1 Å². The minimum atomic E-state index is 0.189. The number of ether oxygens (including phenoxy) is 1. The molecule has 1 saturated heterocycles. The third kappa shape index (κ3) is 4.10. The van der Waals surface area contributed by atoms with E-state index in [1.54, 1.807) is 7.11 Å². The average molecular weight is 228 g/mol. The maximum Gasteiger partial charge on any atom is 0.222 e. The fraction of sp³-hybridized carbons (Fsp3) is 0.917. The van der Waals surface area contributed by atoms with E-state index in [9.17, 15) is 4.79 Å². The van der Waals surface area contributed by atoms with Crippen LogP contribution in [0.2, 0.25) is 0 Å². The van der Waals surface area contributed by atoms with Crippen molar-refractivity contribution in [3.63, 3.8) is 0 Å². The van der Waals surface area contributed by atoms with Crippen molar-refractivity contribution in [3.8, 4) is 0 Å². The number of hydrogen-bond donors (Lipinski definition) is 1. The molecule has 2 atom stereocenters. The quantitative estimate of drug-likeness (QED) is 0.714. The molecule has 0 saturated carbocycles. The van der Waals surface area contributed by atoms with Crippen molar-refractivity contribution in [3.05, 3.63) is 0 Å². The van der Waals surface area contributed by atoms with Crippen molar-refractivity contribution in [2.45, 2.75) is 38.6 Å². The molecular formula is C12H24N2O2. The van der Waals surface area contributed by atoms with Gasteiger partial charge >= 0.3 is 0 Å². The van der Waals surface area contributed by atoms with Crippen LogP contribution in [0.25, 0.3) is 0 Å². The van der Waals surface area contributed by atoms with Crippen molar-refractivity contribution in [2.24, 2.45) is 11.7 Å². The van der Waals surface area contributed by atoms with Crippen LogP contribution in [0.4, 0.5) is 0 Å². The van der Waals surface area contributed by atoms with Gasteiger partial charge in [-0.25, -0.2) is 0 Å². The predicted molar refractivity (Wildman–Crippen MR) is 64.1 cm³/mol. The fourth-order valence-electron chi connectivity index (χ4n) is 2.19. The van der Waals surface area contributed by atoms with Crippen molar-refractivity contribution in [2.75, 3.05) is 26.8 Å². The average Bonchev–Trinajstić information content (AvgIpc) is 2.29. The highest BCUT2D eigenvalue weighted by atomic mass is 16.5. The molecule has 1 aliphatic rings. The second kappa shape index (κ2) is 6.86. The maximum absolute atomic E-state index is 11.9. The molecule has 0 aromatic heterocycles. The summed E-state index contributed by atoms with van der Waals surface area (Å²) in [7, 11) is 1.66. The minimum absolute atomic E-state index is 0.189. The Morgan fingerprint density at radius 3 is 3.00 bits per heavy atom. The van der Waals surface area contributed by atoms with Gasteiger partial charge in [0.25, 0.3) is 0 Å². The lowest BCUT2D eigenvalue weighted by molar-refractivity contribution is -0.133. The van der Waals surface area contributed by atoms with Crippen LogP contribution in [0.1, 0.15) is 32.6 Å². The highest BCUT2D eigenvalue weighted by Gasteiger charge is 2.25. The van der Waals surface area contributed by atoms with Crippen LogP contribution in [0, 0.1) is 5.92 Å². The van der Waals surface area contributed by atoms with Gasteiger partial charge in [-0.1, -0.05) is 0 Å². The minimum Gasteiger partial charge on any atom is -0.385 e. The summed E-state index contributed by atoms with van der Waals surface area (Å²) in [6.07, 6.45) is 3.65. The van der Waals surface area contributed by atoms with E-state index < -0.39 is 0 Å². The molecule has 0 aromatic rings. The largest absolute Gasteiger partial charge is 0.385 e. The van der Waals surface area contributed by atoms with Gasteiger partial charge < -0.3 is 15.4 Å². The Morgan fingerprint density at radius 1 is 1.62 bits per heavy atom. The van der Waals surface area contributed by atoms with Gasteiger partial charge in [-0.3, -0.25) is 4.79 Å². The number of hydrogen-bond acceptors (Lipinski definition) is 3. The molecule has 16 heavy (non-hydrogen) atoms. The summed E-state index contributed by atoms with van der Waals surface area (Å²) in [5.41, 5.74) is 5.89. The first-order valence-electron chi connectivity index (χ1n) is 6.17. The van der Waals surface area contributed by atoms with Gasteiger partial charge in [-0.15, -0.1) is 0 Å². The number of carbonyl (C=O) groups is 1. The number of likely N-dealkylation sites (tertiary alicyclic amines) is 1. The van der Waals surface area contributed by atoms with Crippen LogP contribution in [-0.4, -0.2) is 43.7 Å². The Bertz CT molecular complexity index is 219. The van der Waals surface area contributed by atoms with E-state index in [0.717, 1.165) is 32.4 Å². The predicted octanol–water partition coefficient (Wildman–Crippen LogP) is 0.999. The zero-order valence-corrected chi connectivity index (χ0v) is 10.4. The Balaban J connectivity index is 2.32. The molecule has 0 aromatic carbocycles. The molecule has 1 aliphatic heterocycles. The molecule has 1 heterocycles. The van der Waals surface area contributed by atoms with Gasteiger partial charge in [0.2, 0.25) is 5.91 Å². The SMILES string of the molecule is COCCCC(=O)N1CCCC(C(C)N)C1. The smallest absolute Gasteiger partial charge is 0.222 e. The summed E-state index contributed by atoms with van der Waals surface area (Å²) in [6.45, 7) is 4.43. The molecule has 1 rings (SSSR count). The molecule has 1 amide bonds. The second-order valence-corrected chi connectivity index (χ2v) is 4.70. The van der Waals surface area contributed by atoms with Crippen molar-refractivity contribution < 1.29 is 9.53 Å². The third-order valence-electron chi connectivity index (χ3n) is 3.29. The van der Waals surface area contributed by atoms with E-state index in [-0.39, 0.29) is 11.9 Å². The Hall–Kier alpha value is -0.610. The van der Waals surface area contributed by atoms with E-state index in [0.29, 0.717) is 18.9 Å². The van der Waals surface area contributed by atoms with Crippen molar-refractivity contribution in [1.82, 2.24) is 4.90 Å². The highest BCUT2D eigenvalue weighted by Crippen LogP contribution is 2.19. The topological polar surface area (TPSA) is 55.6 Å². The molecule has 2 N–H and O–H groups in total. The monoisotopic (exact) mass is 228 g/mol. The van der Waals surface area contributed by atoms with Crippen LogP contribution in [0.15, 0.2) is 0 Å². The van der Waals surface area contributed by atoms with Gasteiger partial charge in [-0.2, -0.15) is 0 Å². The van der Waals surface area contributed by atoms with Crippen LogP contribution < -0.4 is 5.73 Å². The van der Waals surface area contributed by atoms with Gasteiger partial charge in [0, 0.05) is 39.3 Å². The number of nitrogens with zero attached hydrogens (tertiary/aromatic N) is 1. The van der Waals surface area contributed by atoms with Crippen molar-refractivity contribution >= 4 is 5.91 Å². The number of piperidine rings is 1. The van der Waals surface area contributed by atoms with Crippen LogP contribution in [0.5, 0.6) is 0 Å². The summed E-state index contributed by atoms with van der Waals surface area (Å²) < 4.78 is 4.95. The third-order valence-corrected chi connectivity index (χ3v) is 3.29. The first-order valence-corrected chi connectivity index (χ1v) is 6.17. The zero-order valence-electron chi connectivity index (χ0n) is 10.4. The number of nitrogens with two attached hydrogens (primary N) is 1. The van der Waals surface area contributed by atoms with E-state index in [1.807, 2.05) is 11.8 Å². The summed E-state index contributed by atoms with van der Waals surface area (Å²) in [5, 5.41) is 0. The van der Waals surface area contributed by atoms with E-state index in [2.05, 4.69) is 0 Å². The van der Waals surface area contributed by atoms with Crippen molar-refractivity contribution in [1.29, 1.82) is 0 Å². The molecule has 4 heteroatoms. The zero-order chi connectivity index (χ0) is 12.0. The Kier molecular flexibility index (Phi) is 5.77. The molecule has 1 fully saturated rings. The molecule has 0 radical (unpaired) electrons. The summed E-state index contributed by atoms with van der Waals surface area (Å²) in [6, 6.07) is 0.189. The molecule has 0 aliphatic carbocycles. The first-order chi connectivity index (χ1) is 7.65. The second-order valence-electron chi connectivity index (χ2n) is 4.70. The van der Waals surface area contributed by atoms with Crippen LogP contribution in [0.3, 0.4) is 0 Å².